The number of carbonyl (C=O) groups excluding carboxylic acids is 4. The zero-order valence-corrected chi connectivity index (χ0v) is 17.7. The molecule has 7 nitrogen and oxygen atoms in total. The summed E-state index contributed by atoms with van der Waals surface area (Å²) < 4.78 is 15.2. The van der Waals surface area contributed by atoms with Gasteiger partial charge in [0.15, 0.2) is 5.78 Å². The maximum absolute atomic E-state index is 13.2. The lowest BCUT2D eigenvalue weighted by Gasteiger charge is -2.12. The second kappa shape index (κ2) is 9.70. The topological polar surface area (TPSA) is 96.0 Å². The lowest BCUT2D eigenvalue weighted by atomic mass is 9.93. The smallest absolute Gasteiger partial charge is 0.308 e. The second-order valence-corrected chi connectivity index (χ2v) is 6.87. The van der Waals surface area contributed by atoms with Gasteiger partial charge in [-0.2, -0.15) is 0 Å². The first-order chi connectivity index (χ1) is 15.2. The van der Waals surface area contributed by atoms with E-state index in [1.807, 2.05) is 0 Å². The fraction of sp³-hybridized carbons (Fsp3) is 0.120. The molecule has 32 heavy (non-hydrogen) atoms. The van der Waals surface area contributed by atoms with E-state index in [9.17, 15) is 19.2 Å². The average molecular weight is 432 g/mol. The molecule has 3 aromatic rings. The van der Waals surface area contributed by atoms with Crippen molar-refractivity contribution in [2.45, 2.75) is 20.8 Å². The van der Waals surface area contributed by atoms with E-state index in [1.165, 1.54) is 32.9 Å². The number of benzene rings is 3. The van der Waals surface area contributed by atoms with Crippen LogP contribution in [-0.4, -0.2) is 23.7 Å². The minimum atomic E-state index is -0.485. The highest BCUT2D eigenvalue weighted by Gasteiger charge is 2.17. The minimum Gasteiger partial charge on any atom is -0.427 e. The zero-order chi connectivity index (χ0) is 23.3. The van der Waals surface area contributed by atoms with Crippen LogP contribution < -0.4 is 14.2 Å². The fourth-order valence-electron chi connectivity index (χ4n) is 3.05. The monoisotopic (exact) mass is 432 g/mol. The van der Waals surface area contributed by atoms with Crippen LogP contribution in [0.15, 0.2) is 66.7 Å². The van der Waals surface area contributed by atoms with Crippen molar-refractivity contribution in [3.8, 4) is 28.4 Å². The SMILES string of the molecule is CC(=O)Oc1ccc(C(=O)c2ccc(OC(C)=O)cc2-c2ccc(OC(C)=O)cc2)cc1. The van der Waals surface area contributed by atoms with Crippen molar-refractivity contribution in [2.24, 2.45) is 0 Å². The maximum Gasteiger partial charge on any atom is 0.308 e. The lowest BCUT2D eigenvalue weighted by molar-refractivity contribution is -0.132. The Bertz CT molecular complexity index is 1180. The normalized spacial score (nSPS) is 10.2. The molecular formula is C25H20O7. The molecule has 0 aliphatic heterocycles. The molecule has 0 saturated carbocycles. The summed E-state index contributed by atoms with van der Waals surface area (Å²) in [5, 5.41) is 0. The number of ether oxygens (including phenoxy) is 3. The van der Waals surface area contributed by atoms with Gasteiger partial charge in [-0.05, 0) is 65.7 Å². The summed E-state index contributed by atoms with van der Waals surface area (Å²) in [4.78, 5) is 46.9. The van der Waals surface area contributed by atoms with Crippen molar-refractivity contribution < 1.29 is 33.4 Å². The summed E-state index contributed by atoms with van der Waals surface area (Å²) in [5.74, 6) is -0.661. The predicted molar refractivity (Wildman–Crippen MR) is 116 cm³/mol. The van der Waals surface area contributed by atoms with Gasteiger partial charge in [-0.15, -0.1) is 0 Å². The molecule has 0 bridgehead atoms. The van der Waals surface area contributed by atoms with Crippen LogP contribution in [0.3, 0.4) is 0 Å². The van der Waals surface area contributed by atoms with Gasteiger partial charge in [0.25, 0.3) is 0 Å². The van der Waals surface area contributed by atoms with E-state index in [1.54, 1.807) is 54.6 Å². The van der Waals surface area contributed by atoms with Gasteiger partial charge in [0, 0.05) is 31.9 Å². The molecule has 0 saturated heterocycles. The highest BCUT2D eigenvalue weighted by molar-refractivity contribution is 6.13. The van der Waals surface area contributed by atoms with Gasteiger partial charge < -0.3 is 14.2 Å². The molecule has 0 atom stereocenters. The summed E-state index contributed by atoms with van der Waals surface area (Å²) in [6.07, 6.45) is 0. The molecule has 7 heteroatoms. The molecule has 0 aliphatic carbocycles. The molecule has 0 heterocycles. The number of esters is 3. The van der Waals surface area contributed by atoms with Crippen molar-refractivity contribution in [2.75, 3.05) is 0 Å². The van der Waals surface area contributed by atoms with E-state index >= 15 is 0 Å². The summed E-state index contributed by atoms with van der Waals surface area (Å²) in [6, 6.07) is 17.5. The summed E-state index contributed by atoms with van der Waals surface area (Å²) in [6.45, 7) is 3.89. The zero-order valence-electron chi connectivity index (χ0n) is 17.7. The van der Waals surface area contributed by atoms with Crippen molar-refractivity contribution in [1.82, 2.24) is 0 Å². The van der Waals surface area contributed by atoms with Gasteiger partial charge in [0.05, 0.1) is 0 Å². The molecule has 0 amide bonds. The van der Waals surface area contributed by atoms with E-state index in [0.29, 0.717) is 39.5 Å². The molecule has 0 aromatic heterocycles. The third kappa shape index (κ3) is 5.66. The molecule has 0 radical (unpaired) electrons. The van der Waals surface area contributed by atoms with Crippen LogP contribution >= 0.6 is 0 Å². The van der Waals surface area contributed by atoms with Gasteiger partial charge in [0.1, 0.15) is 17.2 Å². The fourth-order valence-corrected chi connectivity index (χ4v) is 3.05. The molecule has 3 rings (SSSR count). The van der Waals surface area contributed by atoms with Gasteiger partial charge in [-0.25, -0.2) is 0 Å². The Labute approximate surface area is 184 Å². The van der Waals surface area contributed by atoms with Crippen molar-refractivity contribution in [3.63, 3.8) is 0 Å². The number of hydrogen-bond acceptors (Lipinski definition) is 7. The third-order valence-corrected chi connectivity index (χ3v) is 4.30. The van der Waals surface area contributed by atoms with E-state index in [4.69, 9.17) is 14.2 Å². The number of carbonyl (C=O) groups is 4. The van der Waals surface area contributed by atoms with Crippen LogP contribution in [0, 0.1) is 0 Å². The largest absolute Gasteiger partial charge is 0.427 e. The van der Waals surface area contributed by atoms with Gasteiger partial charge >= 0.3 is 17.9 Å². The summed E-state index contributed by atoms with van der Waals surface area (Å²) in [5.41, 5.74) is 1.96. The van der Waals surface area contributed by atoms with E-state index < -0.39 is 17.9 Å². The first kappa shape index (κ1) is 22.4. The first-order valence-corrected chi connectivity index (χ1v) is 9.67. The predicted octanol–water partition coefficient (Wildman–Crippen LogP) is 4.36. The number of rotatable bonds is 6. The molecule has 0 spiro atoms. The first-order valence-electron chi connectivity index (χ1n) is 9.67. The number of hydrogen-bond donors (Lipinski definition) is 0. The van der Waals surface area contributed by atoms with Crippen LogP contribution in [0.25, 0.3) is 11.1 Å². The minimum absolute atomic E-state index is 0.271. The van der Waals surface area contributed by atoms with Gasteiger partial charge in [-0.1, -0.05) is 12.1 Å². The van der Waals surface area contributed by atoms with Crippen molar-refractivity contribution >= 4 is 23.7 Å². The van der Waals surface area contributed by atoms with Crippen LogP contribution in [-0.2, 0) is 14.4 Å². The Morgan fingerprint density at radius 1 is 0.562 bits per heavy atom. The lowest BCUT2D eigenvalue weighted by Crippen LogP contribution is -2.07. The highest BCUT2D eigenvalue weighted by atomic mass is 16.5. The van der Waals surface area contributed by atoms with Crippen molar-refractivity contribution in [1.29, 1.82) is 0 Å². The van der Waals surface area contributed by atoms with Crippen LogP contribution in [0.5, 0.6) is 17.2 Å². The maximum atomic E-state index is 13.2. The highest BCUT2D eigenvalue weighted by Crippen LogP contribution is 2.31. The Balaban J connectivity index is 2.01. The Morgan fingerprint density at radius 2 is 1.00 bits per heavy atom. The molecule has 0 N–H and O–H groups in total. The van der Waals surface area contributed by atoms with Crippen LogP contribution in [0.2, 0.25) is 0 Å². The Morgan fingerprint density at radius 3 is 1.50 bits per heavy atom. The average Bonchev–Trinajstić information content (AvgIpc) is 2.73. The molecular weight excluding hydrogens is 412 g/mol. The summed E-state index contributed by atoms with van der Waals surface area (Å²) >= 11 is 0. The molecule has 3 aromatic carbocycles. The van der Waals surface area contributed by atoms with Crippen LogP contribution in [0.4, 0.5) is 0 Å². The molecule has 0 unspecified atom stereocenters. The van der Waals surface area contributed by atoms with Gasteiger partial charge in [0.2, 0.25) is 0 Å². The Hall–Kier alpha value is -4.26. The molecule has 0 aliphatic rings. The second-order valence-electron chi connectivity index (χ2n) is 6.87. The van der Waals surface area contributed by atoms with Crippen LogP contribution in [0.1, 0.15) is 36.7 Å². The number of ketones is 1. The van der Waals surface area contributed by atoms with E-state index in [2.05, 4.69) is 0 Å². The summed E-state index contributed by atoms with van der Waals surface area (Å²) in [7, 11) is 0. The molecule has 162 valence electrons. The van der Waals surface area contributed by atoms with E-state index in [0.717, 1.165) is 0 Å². The van der Waals surface area contributed by atoms with E-state index in [-0.39, 0.29) is 5.78 Å². The van der Waals surface area contributed by atoms with Gasteiger partial charge in [-0.3, -0.25) is 19.2 Å². The Kier molecular flexibility index (Phi) is 6.80. The molecule has 0 fully saturated rings. The standard InChI is InChI=1S/C25H20O7/c1-15(26)30-20-8-4-18(5-9-20)24-14-22(32-17(3)28)12-13-23(24)25(29)19-6-10-21(11-7-19)31-16(2)27/h4-14H,1-3H3. The van der Waals surface area contributed by atoms with Crippen molar-refractivity contribution in [3.05, 3.63) is 77.9 Å². The quantitative estimate of drug-likeness (QED) is 0.324. The third-order valence-electron chi connectivity index (χ3n) is 4.30.